The average Bonchev–Trinajstić information content (AvgIpc) is 2.38. The summed E-state index contributed by atoms with van der Waals surface area (Å²) in [5, 5.41) is 21.4. The summed E-state index contributed by atoms with van der Waals surface area (Å²) in [7, 11) is 0. The van der Waals surface area contributed by atoms with Gasteiger partial charge in [0.15, 0.2) is 0 Å². The van der Waals surface area contributed by atoms with E-state index < -0.39 is 9.85 Å². The van der Waals surface area contributed by atoms with Crippen molar-refractivity contribution in [3.8, 4) is 11.1 Å². The third kappa shape index (κ3) is 2.69. The quantitative estimate of drug-likeness (QED) is 0.631. The Bertz CT molecular complexity index is 655. The van der Waals surface area contributed by atoms with Crippen molar-refractivity contribution < 1.29 is 9.85 Å². The van der Waals surface area contributed by atoms with Crippen molar-refractivity contribution >= 4 is 23.0 Å². The monoisotopic (exact) mass is 278 g/mol. The van der Waals surface area contributed by atoms with Crippen molar-refractivity contribution in [3.63, 3.8) is 0 Å². The van der Waals surface area contributed by atoms with Crippen LogP contribution in [-0.4, -0.2) is 9.85 Å². The van der Waals surface area contributed by atoms with E-state index in [4.69, 9.17) is 11.6 Å². The summed E-state index contributed by atoms with van der Waals surface area (Å²) in [6.45, 7) is 0. The molecule has 0 aromatic heterocycles. The fourth-order valence-corrected chi connectivity index (χ4v) is 1.90. The van der Waals surface area contributed by atoms with Crippen LogP contribution in [0.15, 0.2) is 42.5 Å². The van der Waals surface area contributed by atoms with Gasteiger partial charge in [0.2, 0.25) is 0 Å². The number of hydrogen-bond donors (Lipinski definition) is 0. The van der Waals surface area contributed by atoms with Crippen LogP contribution < -0.4 is 0 Å². The van der Waals surface area contributed by atoms with Crippen molar-refractivity contribution in [1.82, 2.24) is 0 Å². The van der Waals surface area contributed by atoms with Gasteiger partial charge in [-0.2, -0.15) is 0 Å². The Morgan fingerprint density at radius 2 is 1.37 bits per heavy atom. The lowest BCUT2D eigenvalue weighted by atomic mass is 10.0. The molecule has 0 spiro atoms. The normalized spacial score (nSPS) is 10.2. The van der Waals surface area contributed by atoms with Crippen LogP contribution in [0.2, 0.25) is 5.02 Å². The molecule has 2 rings (SSSR count). The number of nitro benzene ring substituents is 2. The lowest BCUT2D eigenvalue weighted by Gasteiger charge is -2.04. The lowest BCUT2D eigenvalue weighted by Crippen LogP contribution is -1.89. The summed E-state index contributed by atoms with van der Waals surface area (Å²) in [6.07, 6.45) is 0. The molecule has 2 aromatic rings. The first-order valence-electron chi connectivity index (χ1n) is 5.18. The van der Waals surface area contributed by atoms with E-state index >= 15 is 0 Å². The highest BCUT2D eigenvalue weighted by Crippen LogP contribution is 2.31. The number of nitro groups is 2. The number of non-ortho nitro benzene ring substituents is 2. The molecule has 0 amide bonds. The molecule has 0 fully saturated rings. The Balaban J connectivity index is 2.41. The minimum Gasteiger partial charge on any atom is -0.258 e. The molecule has 0 bridgehead atoms. The minimum atomic E-state index is -0.536. The average molecular weight is 279 g/mol. The van der Waals surface area contributed by atoms with Gasteiger partial charge in [0.05, 0.1) is 14.9 Å². The predicted octanol–water partition coefficient (Wildman–Crippen LogP) is 3.82. The molecular formula is C12H7ClN2O4. The zero-order valence-electron chi connectivity index (χ0n) is 9.45. The summed E-state index contributed by atoms with van der Waals surface area (Å²) in [5.41, 5.74) is 1.12. The highest BCUT2D eigenvalue weighted by Gasteiger charge is 2.12. The molecule has 0 aliphatic carbocycles. The van der Waals surface area contributed by atoms with Gasteiger partial charge >= 0.3 is 0 Å². The number of hydrogen-bond acceptors (Lipinski definition) is 4. The predicted molar refractivity (Wildman–Crippen MR) is 70.2 cm³/mol. The van der Waals surface area contributed by atoms with Crippen molar-refractivity contribution in [1.29, 1.82) is 0 Å². The molecule has 0 saturated heterocycles. The summed E-state index contributed by atoms with van der Waals surface area (Å²) in [5.74, 6) is 0. The van der Waals surface area contributed by atoms with Crippen LogP contribution >= 0.6 is 11.6 Å². The van der Waals surface area contributed by atoms with Gasteiger partial charge in [0.25, 0.3) is 11.4 Å². The fourth-order valence-electron chi connectivity index (χ4n) is 1.61. The molecule has 0 N–H and O–H groups in total. The van der Waals surface area contributed by atoms with Crippen LogP contribution in [0.25, 0.3) is 11.1 Å². The zero-order valence-corrected chi connectivity index (χ0v) is 10.2. The van der Waals surface area contributed by atoms with E-state index in [0.717, 1.165) is 0 Å². The highest BCUT2D eigenvalue weighted by molar-refractivity contribution is 6.33. The Kier molecular flexibility index (Phi) is 3.43. The largest absolute Gasteiger partial charge is 0.270 e. The third-order valence-electron chi connectivity index (χ3n) is 2.55. The van der Waals surface area contributed by atoms with Crippen molar-refractivity contribution in [2.45, 2.75) is 0 Å². The van der Waals surface area contributed by atoms with Gasteiger partial charge < -0.3 is 0 Å². The first kappa shape index (κ1) is 13.0. The molecule has 0 aliphatic heterocycles. The number of nitrogens with zero attached hydrogens (tertiary/aromatic N) is 2. The van der Waals surface area contributed by atoms with Gasteiger partial charge in [-0.1, -0.05) is 11.6 Å². The number of benzene rings is 2. The smallest absolute Gasteiger partial charge is 0.258 e. The summed E-state index contributed by atoms with van der Waals surface area (Å²) in [4.78, 5) is 20.1. The Morgan fingerprint density at radius 1 is 0.842 bits per heavy atom. The van der Waals surface area contributed by atoms with Crippen molar-refractivity contribution in [2.24, 2.45) is 0 Å². The second-order valence-corrected chi connectivity index (χ2v) is 4.13. The van der Waals surface area contributed by atoms with Gasteiger partial charge in [0, 0.05) is 29.8 Å². The van der Waals surface area contributed by atoms with Crippen LogP contribution in [0.4, 0.5) is 11.4 Å². The number of rotatable bonds is 3. The minimum absolute atomic E-state index is 0.0261. The maximum Gasteiger partial charge on any atom is 0.270 e. The van der Waals surface area contributed by atoms with Crippen LogP contribution in [-0.2, 0) is 0 Å². The number of halogens is 1. The maximum atomic E-state index is 10.6. The topological polar surface area (TPSA) is 86.3 Å². The zero-order chi connectivity index (χ0) is 14.0. The molecule has 2 aromatic carbocycles. The maximum absolute atomic E-state index is 10.6. The van der Waals surface area contributed by atoms with Crippen LogP contribution in [0.5, 0.6) is 0 Å². The van der Waals surface area contributed by atoms with E-state index in [9.17, 15) is 20.2 Å². The van der Waals surface area contributed by atoms with Gasteiger partial charge in [0.1, 0.15) is 0 Å². The molecule has 6 nitrogen and oxygen atoms in total. The first-order chi connectivity index (χ1) is 8.99. The second kappa shape index (κ2) is 5.03. The van der Waals surface area contributed by atoms with E-state index in [1.807, 2.05) is 0 Å². The molecule has 0 heterocycles. The third-order valence-corrected chi connectivity index (χ3v) is 2.87. The molecule has 0 saturated carbocycles. The highest BCUT2D eigenvalue weighted by atomic mass is 35.5. The fraction of sp³-hybridized carbons (Fsp3) is 0. The van der Waals surface area contributed by atoms with E-state index in [1.54, 1.807) is 12.1 Å². The SMILES string of the molecule is O=[N+]([O-])c1ccc(-c2ccc([N+](=O)[O-])cc2Cl)cc1. The molecular weight excluding hydrogens is 272 g/mol. The lowest BCUT2D eigenvalue weighted by molar-refractivity contribution is -0.385. The molecule has 96 valence electrons. The van der Waals surface area contributed by atoms with Crippen molar-refractivity contribution in [2.75, 3.05) is 0 Å². The van der Waals surface area contributed by atoms with E-state index in [0.29, 0.717) is 11.1 Å². The molecule has 0 radical (unpaired) electrons. The Morgan fingerprint density at radius 3 is 1.84 bits per heavy atom. The second-order valence-electron chi connectivity index (χ2n) is 3.73. The van der Waals surface area contributed by atoms with Crippen LogP contribution in [0.1, 0.15) is 0 Å². The van der Waals surface area contributed by atoms with Gasteiger partial charge in [-0.25, -0.2) is 0 Å². The summed E-state index contributed by atoms with van der Waals surface area (Å²) in [6, 6.07) is 9.90. The van der Waals surface area contributed by atoms with Gasteiger partial charge in [-0.05, 0) is 23.8 Å². The first-order valence-corrected chi connectivity index (χ1v) is 5.55. The van der Waals surface area contributed by atoms with Crippen molar-refractivity contribution in [3.05, 3.63) is 67.7 Å². The van der Waals surface area contributed by atoms with Crippen LogP contribution in [0, 0.1) is 20.2 Å². The Hall–Kier alpha value is -2.47. The molecule has 0 aliphatic rings. The van der Waals surface area contributed by atoms with E-state index in [1.165, 1.54) is 30.3 Å². The van der Waals surface area contributed by atoms with E-state index in [-0.39, 0.29) is 16.4 Å². The summed E-state index contributed by atoms with van der Waals surface area (Å²) < 4.78 is 0. The molecule has 19 heavy (non-hydrogen) atoms. The molecule has 0 atom stereocenters. The van der Waals surface area contributed by atoms with Crippen LogP contribution in [0.3, 0.4) is 0 Å². The van der Waals surface area contributed by atoms with E-state index in [2.05, 4.69) is 0 Å². The molecule has 7 heteroatoms. The van der Waals surface area contributed by atoms with Gasteiger partial charge in [-0.15, -0.1) is 0 Å². The Labute approximate surface area is 112 Å². The molecule has 0 unspecified atom stereocenters. The summed E-state index contributed by atoms with van der Waals surface area (Å²) >= 11 is 5.97. The standard InChI is InChI=1S/C12H7ClN2O4/c13-12-7-10(15(18)19)5-6-11(12)8-1-3-9(4-2-8)14(16)17/h1-7H. The van der Waals surface area contributed by atoms with Gasteiger partial charge in [-0.3, -0.25) is 20.2 Å².